The number of halogens is 3. The van der Waals surface area contributed by atoms with Gasteiger partial charge in [0.15, 0.2) is 5.65 Å². The number of rotatable bonds is 3. The fraction of sp³-hybridized carbons (Fsp3) is 0.462. The lowest BCUT2D eigenvalue weighted by Gasteiger charge is -2.20. The highest BCUT2D eigenvalue weighted by Gasteiger charge is 2.37. The third-order valence-corrected chi connectivity index (χ3v) is 3.40. The Morgan fingerprint density at radius 1 is 1.33 bits per heavy atom. The van der Waals surface area contributed by atoms with E-state index in [1.165, 1.54) is 12.3 Å². The van der Waals surface area contributed by atoms with Crippen LogP contribution in [-0.2, 0) is 17.4 Å². The molecule has 0 aromatic carbocycles. The van der Waals surface area contributed by atoms with Crippen molar-refractivity contribution in [1.82, 2.24) is 14.6 Å². The summed E-state index contributed by atoms with van der Waals surface area (Å²) in [5.41, 5.74) is 0.197. The van der Waals surface area contributed by atoms with Crippen LogP contribution in [0.25, 0.3) is 5.65 Å². The van der Waals surface area contributed by atoms with Crippen LogP contribution in [0.15, 0.2) is 12.3 Å². The molecule has 0 atom stereocenters. The van der Waals surface area contributed by atoms with Crippen molar-refractivity contribution in [2.24, 2.45) is 5.41 Å². The second-order valence-corrected chi connectivity index (χ2v) is 5.55. The first kappa shape index (κ1) is 15.3. The first-order valence-corrected chi connectivity index (χ1v) is 6.18. The van der Waals surface area contributed by atoms with Crippen LogP contribution in [-0.4, -0.2) is 25.7 Å². The van der Waals surface area contributed by atoms with Crippen molar-refractivity contribution >= 4 is 11.6 Å². The minimum atomic E-state index is -4.59. The van der Waals surface area contributed by atoms with Gasteiger partial charge in [-0.3, -0.25) is 9.20 Å². The molecule has 0 aliphatic heterocycles. The topological polar surface area (TPSA) is 67.5 Å². The third-order valence-electron chi connectivity index (χ3n) is 3.40. The van der Waals surface area contributed by atoms with Crippen molar-refractivity contribution in [2.75, 3.05) is 0 Å². The number of carbonyl (C=O) groups is 1. The number of aromatic nitrogens is 3. The second kappa shape index (κ2) is 4.71. The number of aryl methyl sites for hydroxylation is 1. The first-order chi connectivity index (χ1) is 9.54. The van der Waals surface area contributed by atoms with Gasteiger partial charge in [0.05, 0.1) is 5.41 Å². The van der Waals surface area contributed by atoms with Crippen molar-refractivity contribution in [3.63, 3.8) is 0 Å². The van der Waals surface area contributed by atoms with E-state index in [0.717, 1.165) is 4.40 Å². The standard InChI is InChI=1S/C13H14F3N3O2/c1-7-8(6-12(2,3)11(20)21)4-5-19-9(7)17-18-10(19)13(14,15)16/h4-5H,6H2,1-3H3,(H,20,21). The fourth-order valence-corrected chi connectivity index (χ4v) is 2.06. The average molecular weight is 301 g/mol. The van der Waals surface area contributed by atoms with Gasteiger partial charge in [0.1, 0.15) is 0 Å². The number of hydrogen-bond acceptors (Lipinski definition) is 3. The summed E-state index contributed by atoms with van der Waals surface area (Å²) in [6.07, 6.45) is -3.18. The summed E-state index contributed by atoms with van der Waals surface area (Å²) in [6.45, 7) is 4.73. The first-order valence-electron chi connectivity index (χ1n) is 6.18. The van der Waals surface area contributed by atoms with Crippen LogP contribution >= 0.6 is 0 Å². The van der Waals surface area contributed by atoms with Crippen LogP contribution in [0.5, 0.6) is 0 Å². The van der Waals surface area contributed by atoms with Crippen LogP contribution < -0.4 is 0 Å². The molecule has 114 valence electrons. The molecule has 0 saturated carbocycles. The smallest absolute Gasteiger partial charge is 0.452 e. The van der Waals surface area contributed by atoms with E-state index in [1.54, 1.807) is 20.8 Å². The summed E-state index contributed by atoms with van der Waals surface area (Å²) in [6, 6.07) is 1.48. The van der Waals surface area contributed by atoms with Gasteiger partial charge in [0, 0.05) is 6.20 Å². The zero-order valence-electron chi connectivity index (χ0n) is 11.7. The lowest BCUT2D eigenvalue weighted by atomic mass is 9.85. The monoisotopic (exact) mass is 301 g/mol. The highest BCUT2D eigenvalue weighted by molar-refractivity contribution is 5.74. The molecule has 0 unspecified atom stereocenters. The Morgan fingerprint density at radius 3 is 2.48 bits per heavy atom. The van der Waals surface area contributed by atoms with E-state index in [-0.39, 0.29) is 12.1 Å². The average Bonchev–Trinajstić information content (AvgIpc) is 2.76. The summed E-state index contributed by atoms with van der Waals surface area (Å²) < 4.78 is 39.1. The Hall–Kier alpha value is -2.12. The van der Waals surface area contributed by atoms with Crippen molar-refractivity contribution in [3.05, 3.63) is 29.2 Å². The van der Waals surface area contributed by atoms with Gasteiger partial charge in [-0.15, -0.1) is 10.2 Å². The lowest BCUT2D eigenvalue weighted by molar-refractivity contribution is -0.147. The predicted molar refractivity (Wildman–Crippen MR) is 67.8 cm³/mol. The van der Waals surface area contributed by atoms with E-state index in [2.05, 4.69) is 10.2 Å². The van der Waals surface area contributed by atoms with E-state index in [9.17, 15) is 18.0 Å². The van der Waals surface area contributed by atoms with Crippen molar-refractivity contribution in [1.29, 1.82) is 0 Å². The number of aliphatic carboxylic acids is 1. The van der Waals surface area contributed by atoms with Crippen molar-refractivity contribution in [2.45, 2.75) is 33.4 Å². The Morgan fingerprint density at radius 2 is 1.95 bits per heavy atom. The molecule has 0 spiro atoms. The lowest BCUT2D eigenvalue weighted by Crippen LogP contribution is -2.26. The largest absolute Gasteiger partial charge is 0.481 e. The number of pyridine rings is 1. The molecule has 0 aliphatic rings. The molecule has 2 rings (SSSR count). The summed E-state index contributed by atoms with van der Waals surface area (Å²) in [5, 5.41) is 15.9. The molecule has 21 heavy (non-hydrogen) atoms. The van der Waals surface area contributed by atoms with Gasteiger partial charge in [0.2, 0.25) is 5.82 Å². The summed E-state index contributed by atoms with van der Waals surface area (Å²) >= 11 is 0. The molecule has 5 nitrogen and oxygen atoms in total. The van der Waals surface area contributed by atoms with Gasteiger partial charge in [0.25, 0.3) is 0 Å². The molecule has 2 aromatic rings. The number of hydrogen-bond donors (Lipinski definition) is 1. The molecule has 8 heteroatoms. The maximum absolute atomic E-state index is 12.8. The SMILES string of the molecule is Cc1c(CC(C)(C)C(=O)O)ccn2c(C(F)(F)F)nnc12. The number of nitrogens with zero attached hydrogens (tertiary/aromatic N) is 3. The van der Waals surface area contributed by atoms with Gasteiger partial charge in [-0.05, 0) is 44.4 Å². The molecule has 0 fully saturated rings. The fourth-order valence-electron chi connectivity index (χ4n) is 2.06. The quantitative estimate of drug-likeness (QED) is 0.946. The Kier molecular flexibility index (Phi) is 3.43. The number of carboxylic acids is 1. The number of carboxylic acid groups (broad SMARTS) is 1. The second-order valence-electron chi connectivity index (χ2n) is 5.55. The van der Waals surface area contributed by atoms with E-state index in [0.29, 0.717) is 11.1 Å². The molecule has 2 aromatic heterocycles. The highest BCUT2D eigenvalue weighted by atomic mass is 19.4. The minimum Gasteiger partial charge on any atom is -0.481 e. The maximum atomic E-state index is 12.8. The summed E-state index contributed by atoms with van der Waals surface area (Å²) in [5.74, 6) is -2.07. The molecular weight excluding hydrogens is 287 g/mol. The third kappa shape index (κ3) is 2.70. The Bertz CT molecular complexity index is 704. The number of alkyl halides is 3. The van der Waals surface area contributed by atoms with Crippen LogP contribution in [0.2, 0.25) is 0 Å². The van der Waals surface area contributed by atoms with Gasteiger partial charge in [-0.1, -0.05) is 0 Å². The van der Waals surface area contributed by atoms with Gasteiger partial charge in [-0.25, -0.2) is 0 Å². The molecule has 1 N–H and O–H groups in total. The van der Waals surface area contributed by atoms with E-state index in [1.807, 2.05) is 0 Å². The van der Waals surface area contributed by atoms with Gasteiger partial charge < -0.3 is 5.11 Å². The van der Waals surface area contributed by atoms with Crippen molar-refractivity contribution < 1.29 is 23.1 Å². The maximum Gasteiger partial charge on any atom is 0.452 e. The van der Waals surface area contributed by atoms with Gasteiger partial charge in [-0.2, -0.15) is 13.2 Å². The zero-order chi connectivity index (χ0) is 16.0. The van der Waals surface area contributed by atoms with E-state index >= 15 is 0 Å². The highest BCUT2D eigenvalue weighted by Crippen LogP contribution is 2.30. The predicted octanol–water partition coefficient (Wildman–Crippen LogP) is 2.71. The summed E-state index contributed by atoms with van der Waals surface area (Å²) in [7, 11) is 0. The summed E-state index contributed by atoms with van der Waals surface area (Å²) in [4.78, 5) is 11.2. The molecule has 0 saturated heterocycles. The van der Waals surface area contributed by atoms with Crippen LogP contribution in [0.3, 0.4) is 0 Å². The molecule has 0 amide bonds. The van der Waals surface area contributed by atoms with Gasteiger partial charge >= 0.3 is 12.1 Å². The molecule has 2 heterocycles. The number of fused-ring (bicyclic) bond motifs is 1. The van der Waals surface area contributed by atoms with Crippen LogP contribution in [0.1, 0.15) is 30.8 Å². The molecular formula is C13H14F3N3O2. The van der Waals surface area contributed by atoms with Crippen LogP contribution in [0.4, 0.5) is 13.2 Å². The zero-order valence-corrected chi connectivity index (χ0v) is 11.7. The Balaban J connectivity index is 2.52. The normalized spacial score (nSPS) is 12.9. The van der Waals surface area contributed by atoms with E-state index in [4.69, 9.17) is 5.11 Å². The van der Waals surface area contributed by atoms with E-state index < -0.39 is 23.4 Å². The van der Waals surface area contributed by atoms with Crippen LogP contribution in [0, 0.1) is 12.3 Å². The van der Waals surface area contributed by atoms with Crippen molar-refractivity contribution in [3.8, 4) is 0 Å². The molecule has 0 bridgehead atoms. The molecule has 0 radical (unpaired) electrons. The Labute approximate surface area is 118 Å². The minimum absolute atomic E-state index is 0.0843. The molecule has 0 aliphatic carbocycles.